The number of nitrogens with two attached hydrogens (primary N) is 1. The molecular formula is C11H13ClN4O. The quantitative estimate of drug-likeness (QED) is 0.669. The average molecular weight is 253 g/mol. The fourth-order valence-corrected chi connectivity index (χ4v) is 1.69. The van der Waals surface area contributed by atoms with Gasteiger partial charge in [-0.2, -0.15) is 9.97 Å². The van der Waals surface area contributed by atoms with Crippen molar-refractivity contribution in [2.45, 2.75) is 6.92 Å². The van der Waals surface area contributed by atoms with E-state index < -0.39 is 0 Å². The Kier molecular flexibility index (Phi) is 3.31. The largest absolute Gasteiger partial charge is 0.464 e. The van der Waals surface area contributed by atoms with Crippen molar-refractivity contribution in [1.29, 1.82) is 0 Å². The molecule has 1 aromatic carbocycles. The summed E-state index contributed by atoms with van der Waals surface area (Å²) in [5.41, 5.74) is 0.711. The Labute approximate surface area is 104 Å². The number of halogens is 1. The minimum Gasteiger partial charge on any atom is -0.464 e. The van der Waals surface area contributed by atoms with Gasteiger partial charge in [-0.1, -0.05) is 11.6 Å². The summed E-state index contributed by atoms with van der Waals surface area (Å²) < 4.78 is 5.30. The van der Waals surface area contributed by atoms with E-state index in [1.54, 1.807) is 19.2 Å². The van der Waals surface area contributed by atoms with Gasteiger partial charge < -0.3 is 4.74 Å². The molecule has 0 spiro atoms. The van der Waals surface area contributed by atoms with Crippen LogP contribution in [-0.4, -0.2) is 23.6 Å². The van der Waals surface area contributed by atoms with Crippen LogP contribution in [0.2, 0.25) is 5.02 Å². The number of rotatable bonds is 3. The van der Waals surface area contributed by atoms with E-state index >= 15 is 0 Å². The van der Waals surface area contributed by atoms with Gasteiger partial charge in [0.25, 0.3) is 0 Å². The number of benzene rings is 1. The summed E-state index contributed by atoms with van der Waals surface area (Å²) in [6.45, 7) is 2.37. The van der Waals surface area contributed by atoms with Gasteiger partial charge in [-0.25, -0.2) is 5.84 Å². The van der Waals surface area contributed by atoms with Gasteiger partial charge in [-0.15, -0.1) is 0 Å². The number of nitrogens with zero attached hydrogens (tertiary/aromatic N) is 3. The third kappa shape index (κ3) is 2.40. The van der Waals surface area contributed by atoms with E-state index in [9.17, 15) is 0 Å². The summed E-state index contributed by atoms with van der Waals surface area (Å²) in [6, 6.07) is 5.68. The van der Waals surface area contributed by atoms with Crippen LogP contribution in [-0.2, 0) is 0 Å². The summed E-state index contributed by atoms with van der Waals surface area (Å²) in [5.74, 6) is 6.34. The highest BCUT2D eigenvalue weighted by Gasteiger charge is 2.10. The lowest BCUT2D eigenvalue weighted by molar-refractivity contribution is 0.314. The van der Waals surface area contributed by atoms with Gasteiger partial charge in [0.05, 0.1) is 12.1 Å². The number of hydrogen-bond acceptors (Lipinski definition) is 5. The van der Waals surface area contributed by atoms with Crippen LogP contribution >= 0.6 is 11.6 Å². The molecule has 0 fully saturated rings. The lowest BCUT2D eigenvalue weighted by atomic mass is 10.2. The highest BCUT2D eigenvalue weighted by molar-refractivity contribution is 6.31. The lowest BCUT2D eigenvalue weighted by Crippen LogP contribution is -2.26. The molecule has 0 atom stereocenters. The van der Waals surface area contributed by atoms with Crippen molar-refractivity contribution in [3.63, 3.8) is 0 Å². The van der Waals surface area contributed by atoms with Crippen molar-refractivity contribution in [2.24, 2.45) is 5.84 Å². The summed E-state index contributed by atoms with van der Waals surface area (Å²) >= 11 is 5.93. The topological polar surface area (TPSA) is 64.3 Å². The second-order valence-corrected chi connectivity index (χ2v) is 3.97. The third-order valence-corrected chi connectivity index (χ3v) is 2.46. The number of fused-ring (bicyclic) bond motifs is 1. The molecule has 0 saturated carbocycles. The summed E-state index contributed by atoms with van der Waals surface area (Å²) in [4.78, 5) is 8.51. The van der Waals surface area contributed by atoms with Gasteiger partial charge in [0.1, 0.15) is 0 Å². The number of hydrogen-bond donors (Lipinski definition) is 1. The smallest absolute Gasteiger partial charge is 0.318 e. The van der Waals surface area contributed by atoms with Gasteiger partial charge in [-0.3, -0.25) is 5.01 Å². The second kappa shape index (κ2) is 4.73. The molecule has 90 valence electrons. The molecule has 0 radical (unpaired) electrons. The summed E-state index contributed by atoms with van der Waals surface area (Å²) in [5, 5.41) is 2.88. The summed E-state index contributed by atoms with van der Waals surface area (Å²) in [6.07, 6.45) is 0. The van der Waals surface area contributed by atoms with Crippen LogP contribution in [0.25, 0.3) is 10.9 Å². The average Bonchev–Trinajstić information content (AvgIpc) is 2.27. The first-order valence-corrected chi connectivity index (χ1v) is 5.58. The van der Waals surface area contributed by atoms with Gasteiger partial charge in [0, 0.05) is 17.5 Å². The molecule has 0 bridgehead atoms. The van der Waals surface area contributed by atoms with Crippen LogP contribution in [0.3, 0.4) is 0 Å². The molecule has 1 aromatic heterocycles. The minimum absolute atomic E-state index is 0.301. The van der Waals surface area contributed by atoms with E-state index in [1.807, 2.05) is 13.0 Å². The predicted molar refractivity (Wildman–Crippen MR) is 68.3 cm³/mol. The first-order chi connectivity index (χ1) is 8.11. The normalized spacial score (nSPS) is 10.6. The van der Waals surface area contributed by atoms with E-state index in [1.165, 1.54) is 5.01 Å². The van der Waals surface area contributed by atoms with E-state index in [0.717, 1.165) is 5.39 Å². The standard InChI is InChI=1S/C11H13ClN4O/c1-3-17-11-14-9-6-7(12)4-5-8(9)10(15-11)16(2)13/h4-6H,3,13H2,1-2H3. The number of ether oxygens (including phenoxy) is 1. The maximum atomic E-state index is 5.93. The zero-order chi connectivity index (χ0) is 12.4. The van der Waals surface area contributed by atoms with E-state index in [4.69, 9.17) is 22.2 Å². The first-order valence-electron chi connectivity index (χ1n) is 5.20. The zero-order valence-electron chi connectivity index (χ0n) is 9.64. The lowest BCUT2D eigenvalue weighted by Gasteiger charge is -2.14. The number of anilines is 1. The minimum atomic E-state index is 0.301. The van der Waals surface area contributed by atoms with Crippen LogP contribution in [0.15, 0.2) is 18.2 Å². The molecule has 0 aliphatic carbocycles. The number of hydrazine groups is 1. The fraction of sp³-hybridized carbons (Fsp3) is 0.273. The molecule has 6 heteroatoms. The SMILES string of the molecule is CCOc1nc(N(C)N)c2ccc(Cl)cc2n1. The first kappa shape index (κ1) is 11.9. The van der Waals surface area contributed by atoms with Gasteiger partial charge in [0.2, 0.25) is 0 Å². The Morgan fingerprint density at radius 1 is 1.41 bits per heavy atom. The van der Waals surface area contributed by atoms with Crippen molar-refractivity contribution in [1.82, 2.24) is 9.97 Å². The summed E-state index contributed by atoms with van der Waals surface area (Å²) in [7, 11) is 1.71. The Balaban J connectivity index is 2.67. The Morgan fingerprint density at radius 3 is 2.82 bits per heavy atom. The van der Waals surface area contributed by atoms with E-state index in [2.05, 4.69) is 9.97 Å². The third-order valence-electron chi connectivity index (χ3n) is 2.23. The molecule has 5 nitrogen and oxygen atoms in total. The molecule has 2 N–H and O–H groups in total. The Morgan fingerprint density at radius 2 is 2.18 bits per heavy atom. The highest BCUT2D eigenvalue weighted by atomic mass is 35.5. The van der Waals surface area contributed by atoms with Crippen molar-refractivity contribution in [2.75, 3.05) is 18.7 Å². The molecule has 1 heterocycles. The predicted octanol–water partition coefficient (Wildman–Crippen LogP) is 1.99. The van der Waals surface area contributed by atoms with E-state index in [0.29, 0.717) is 29.0 Å². The molecular weight excluding hydrogens is 240 g/mol. The molecule has 0 unspecified atom stereocenters. The molecule has 0 amide bonds. The molecule has 2 aromatic rings. The van der Waals surface area contributed by atoms with Crippen molar-refractivity contribution in [3.05, 3.63) is 23.2 Å². The van der Waals surface area contributed by atoms with Crippen LogP contribution in [0, 0.1) is 0 Å². The Bertz CT molecular complexity index is 544. The zero-order valence-corrected chi connectivity index (χ0v) is 10.4. The van der Waals surface area contributed by atoms with Gasteiger partial charge in [-0.05, 0) is 25.1 Å². The fourth-order valence-electron chi connectivity index (χ4n) is 1.53. The van der Waals surface area contributed by atoms with Crippen molar-refractivity contribution < 1.29 is 4.74 Å². The monoisotopic (exact) mass is 252 g/mol. The Hall–Kier alpha value is -1.59. The van der Waals surface area contributed by atoms with Crippen LogP contribution < -0.4 is 15.6 Å². The van der Waals surface area contributed by atoms with Crippen LogP contribution in [0.1, 0.15) is 6.92 Å². The molecule has 0 aliphatic heterocycles. The van der Waals surface area contributed by atoms with Crippen LogP contribution in [0.4, 0.5) is 5.82 Å². The second-order valence-electron chi connectivity index (χ2n) is 3.54. The molecule has 0 saturated heterocycles. The maximum absolute atomic E-state index is 5.93. The maximum Gasteiger partial charge on any atom is 0.318 e. The number of aromatic nitrogens is 2. The van der Waals surface area contributed by atoms with Gasteiger partial charge in [0.15, 0.2) is 5.82 Å². The van der Waals surface area contributed by atoms with Crippen molar-refractivity contribution in [3.8, 4) is 6.01 Å². The highest BCUT2D eigenvalue weighted by Crippen LogP contribution is 2.26. The van der Waals surface area contributed by atoms with Gasteiger partial charge >= 0.3 is 6.01 Å². The van der Waals surface area contributed by atoms with Crippen LogP contribution in [0.5, 0.6) is 6.01 Å². The van der Waals surface area contributed by atoms with Crippen molar-refractivity contribution >= 4 is 28.3 Å². The molecule has 17 heavy (non-hydrogen) atoms. The van der Waals surface area contributed by atoms with E-state index in [-0.39, 0.29) is 0 Å². The molecule has 0 aliphatic rings. The molecule has 2 rings (SSSR count).